The molecule has 0 aliphatic heterocycles. The Hall–Kier alpha value is -4.54. The number of H-pyrrole nitrogens is 1. The highest BCUT2D eigenvalue weighted by molar-refractivity contribution is 5.97. The molecule has 10 nitrogen and oxygen atoms in total. The first-order chi connectivity index (χ1) is 17.0. The smallest absolute Gasteiger partial charge is 0.270 e. The van der Waals surface area contributed by atoms with Crippen molar-refractivity contribution in [1.82, 2.24) is 41.2 Å². The highest BCUT2D eigenvalue weighted by Gasteiger charge is 2.26. The number of hydrogen-bond acceptors (Lipinski definition) is 7. The van der Waals surface area contributed by atoms with Gasteiger partial charge in [-0.2, -0.15) is 5.21 Å². The molecule has 0 spiro atoms. The number of nitrogens with zero attached hydrogens (tertiary/aromatic N) is 5. The van der Waals surface area contributed by atoms with Crippen molar-refractivity contribution in [3.05, 3.63) is 88.3 Å². The van der Waals surface area contributed by atoms with Gasteiger partial charge in [0, 0.05) is 18.2 Å². The fourth-order valence-corrected chi connectivity index (χ4v) is 4.12. The van der Waals surface area contributed by atoms with E-state index in [-0.39, 0.29) is 29.8 Å². The summed E-state index contributed by atoms with van der Waals surface area (Å²) in [6, 6.07) is 11.7. The topological polar surface area (TPSA) is 138 Å². The largest absolute Gasteiger partial charge is 0.347 e. The highest BCUT2D eigenvalue weighted by Crippen LogP contribution is 2.33. The van der Waals surface area contributed by atoms with Crippen LogP contribution in [0, 0.1) is 12.7 Å². The molecule has 3 N–H and O–H groups in total. The minimum atomic E-state index is -0.455. The third kappa shape index (κ3) is 4.74. The van der Waals surface area contributed by atoms with Crippen molar-refractivity contribution in [1.29, 1.82) is 0 Å². The zero-order chi connectivity index (χ0) is 24.4. The maximum absolute atomic E-state index is 13.4. The molecule has 1 aliphatic carbocycles. The van der Waals surface area contributed by atoms with Gasteiger partial charge in [0.05, 0.1) is 6.04 Å². The second kappa shape index (κ2) is 9.37. The van der Waals surface area contributed by atoms with Gasteiger partial charge < -0.3 is 10.6 Å². The van der Waals surface area contributed by atoms with E-state index in [1.165, 1.54) is 18.5 Å². The molecule has 0 radical (unpaired) electrons. The van der Waals surface area contributed by atoms with E-state index < -0.39 is 11.8 Å². The molecule has 0 fully saturated rings. The van der Waals surface area contributed by atoms with Crippen LogP contribution in [0.5, 0.6) is 0 Å². The average Bonchev–Trinajstić information content (AvgIpc) is 3.55. The van der Waals surface area contributed by atoms with Gasteiger partial charge in [-0.25, -0.2) is 14.4 Å². The van der Waals surface area contributed by atoms with Crippen LogP contribution in [0.25, 0.3) is 11.4 Å². The van der Waals surface area contributed by atoms with Crippen LogP contribution >= 0.6 is 0 Å². The summed E-state index contributed by atoms with van der Waals surface area (Å²) in [4.78, 5) is 33.5. The van der Waals surface area contributed by atoms with Crippen molar-refractivity contribution in [3.63, 3.8) is 0 Å². The Morgan fingerprint density at radius 3 is 2.69 bits per heavy atom. The van der Waals surface area contributed by atoms with Gasteiger partial charge in [0.25, 0.3) is 11.8 Å². The van der Waals surface area contributed by atoms with Crippen molar-refractivity contribution in [2.45, 2.75) is 32.4 Å². The van der Waals surface area contributed by atoms with E-state index in [0.717, 1.165) is 35.1 Å². The van der Waals surface area contributed by atoms with E-state index >= 15 is 0 Å². The van der Waals surface area contributed by atoms with Crippen LogP contribution in [0.2, 0.25) is 0 Å². The number of rotatable bonds is 6. The number of nitrogens with one attached hydrogen (secondary N) is 3. The average molecular weight is 472 g/mol. The lowest BCUT2D eigenvalue weighted by molar-refractivity contribution is 0.0931. The van der Waals surface area contributed by atoms with Crippen molar-refractivity contribution < 1.29 is 14.0 Å². The lowest BCUT2D eigenvalue weighted by Crippen LogP contribution is -2.29. The van der Waals surface area contributed by atoms with Crippen molar-refractivity contribution >= 4 is 11.8 Å². The number of tetrazole rings is 1. The summed E-state index contributed by atoms with van der Waals surface area (Å²) in [6.07, 6.45) is 2.73. The summed E-state index contributed by atoms with van der Waals surface area (Å²) in [6.45, 7) is 1.86. The number of benzene rings is 2. The number of amides is 2. The van der Waals surface area contributed by atoms with Gasteiger partial charge in [-0.05, 0) is 59.4 Å². The van der Waals surface area contributed by atoms with Crippen molar-refractivity contribution in [2.75, 3.05) is 0 Å². The van der Waals surface area contributed by atoms with Gasteiger partial charge in [-0.3, -0.25) is 9.59 Å². The SMILES string of the molecule is Cc1cc(CNC(=O)c2cc(C(=O)N[C@@H]3CCc4cc(-c5nn[nH]n5)ccc43)ncn2)ccc1F. The highest BCUT2D eigenvalue weighted by atomic mass is 19.1. The first-order valence-electron chi connectivity index (χ1n) is 11.0. The molecule has 2 amide bonds. The fourth-order valence-electron chi connectivity index (χ4n) is 4.12. The van der Waals surface area contributed by atoms with Crippen LogP contribution in [0.4, 0.5) is 4.39 Å². The molecule has 1 atom stereocenters. The minimum absolute atomic E-state index is 0.0700. The van der Waals surface area contributed by atoms with E-state index in [0.29, 0.717) is 11.4 Å². The predicted octanol–water partition coefficient (Wildman–Crippen LogP) is 2.45. The second-order valence-electron chi connectivity index (χ2n) is 8.27. The molecule has 35 heavy (non-hydrogen) atoms. The zero-order valence-corrected chi connectivity index (χ0v) is 18.7. The molecule has 5 rings (SSSR count). The molecule has 0 saturated heterocycles. The number of halogens is 1. The third-order valence-electron chi connectivity index (χ3n) is 5.94. The number of carbonyl (C=O) groups excluding carboxylic acids is 2. The van der Waals surface area contributed by atoms with E-state index in [9.17, 15) is 14.0 Å². The summed E-state index contributed by atoms with van der Waals surface area (Å²) < 4.78 is 13.4. The number of aromatic nitrogens is 6. The Bertz CT molecular complexity index is 1410. The van der Waals surface area contributed by atoms with Crippen LogP contribution in [-0.2, 0) is 13.0 Å². The van der Waals surface area contributed by atoms with Crippen LogP contribution in [-0.4, -0.2) is 42.4 Å². The van der Waals surface area contributed by atoms with E-state index in [1.807, 2.05) is 18.2 Å². The molecular formula is C24H21FN8O2. The Morgan fingerprint density at radius 1 is 1.09 bits per heavy atom. The predicted molar refractivity (Wildman–Crippen MR) is 122 cm³/mol. The quantitative estimate of drug-likeness (QED) is 0.392. The molecule has 11 heteroatoms. The summed E-state index contributed by atoms with van der Waals surface area (Å²) in [5, 5.41) is 19.8. The summed E-state index contributed by atoms with van der Waals surface area (Å²) >= 11 is 0. The standard InChI is InChI=1S/C24H21FN8O2/c1-13-8-14(2-6-18(13)25)11-26-23(34)20-10-21(28-12-27-20)24(35)29-19-7-4-15-9-16(3-5-17(15)19)22-30-32-33-31-22/h2-3,5-6,8-10,12,19H,4,7,11H2,1H3,(H,26,34)(H,29,35)(H,30,31,32,33)/t19-/m1/s1. The van der Waals surface area contributed by atoms with Gasteiger partial charge in [0.1, 0.15) is 23.5 Å². The molecule has 0 saturated carbocycles. The second-order valence-corrected chi connectivity index (χ2v) is 8.27. The van der Waals surface area contributed by atoms with E-state index in [1.54, 1.807) is 19.1 Å². The summed E-state index contributed by atoms with van der Waals surface area (Å²) in [7, 11) is 0. The van der Waals surface area contributed by atoms with Gasteiger partial charge in [-0.1, -0.05) is 24.3 Å². The lowest BCUT2D eigenvalue weighted by atomic mass is 10.0. The fraction of sp³-hybridized carbons (Fsp3) is 0.208. The van der Waals surface area contributed by atoms with Crippen molar-refractivity contribution in [2.24, 2.45) is 0 Å². The Labute approximate surface area is 199 Å². The number of carbonyl (C=O) groups is 2. The maximum Gasteiger partial charge on any atom is 0.270 e. The van der Waals surface area contributed by atoms with Crippen LogP contribution in [0.3, 0.4) is 0 Å². The molecular weight excluding hydrogens is 451 g/mol. The molecule has 176 valence electrons. The van der Waals surface area contributed by atoms with Crippen LogP contribution in [0.1, 0.15) is 55.7 Å². The molecule has 2 heterocycles. The van der Waals surface area contributed by atoms with Crippen LogP contribution in [0.15, 0.2) is 48.8 Å². The third-order valence-corrected chi connectivity index (χ3v) is 5.94. The molecule has 2 aromatic heterocycles. The van der Waals surface area contributed by atoms with Gasteiger partial charge >= 0.3 is 0 Å². The maximum atomic E-state index is 13.4. The Balaban J connectivity index is 1.24. The van der Waals surface area contributed by atoms with E-state index in [2.05, 4.69) is 41.2 Å². The monoisotopic (exact) mass is 472 g/mol. The molecule has 4 aromatic rings. The van der Waals surface area contributed by atoms with Gasteiger partial charge in [0.15, 0.2) is 0 Å². The number of fused-ring (bicyclic) bond motifs is 1. The van der Waals surface area contributed by atoms with Crippen LogP contribution < -0.4 is 10.6 Å². The summed E-state index contributed by atoms with van der Waals surface area (Å²) in [5.41, 5.74) is 4.40. The molecule has 2 aromatic carbocycles. The zero-order valence-electron chi connectivity index (χ0n) is 18.7. The van der Waals surface area contributed by atoms with Gasteiger partial charge in [-0.15, -0.1) is 10.2 Å². The summed E-state index contributed by atoms with van der Waals surface area (Å²) in [5.74, 6) is -0.634. The normalized spacial score (nSPS) is 14.4. The molecule has 1 aliphatic rings. The molecule has 0 bridgehead atoms. The first-order valence-corrected chi connectivity index (χ1v) is 11.0. The minimum Gasteiger partial charge on any atom is -0.347 e. The first kappa shape index (κ1) is 22.3. The Kier molecular flexibility index (Phi) is 5.96. The van der Waals surface area contributed by atoms with E-state index in [4.69, 9.17) is 0 Å². The van der Waals surface area contributed by atoms with Crippen molar-refractivity contribution in [3.8, 4) is 11.4 Å². The lowest BCUT2D eigenvalue weighted by Gasteiger charge is -2.14. The number of aryl methyl sites for hydroxylation is 2. The molecule has 0 unspecified atom stereocenters. The number of aromatic amines is 1. The van der Waals surface area contributed by atoms with Gasteiger partial charge in [0.2, 0.25) is 5.82 Å². The number of hydrogen-bond donors (Lipinski definition) is 3. The Morgan fingerprint density at radius 2 is 1.91 bits per heavy atom.